The summed E-state index contributed by atoms with van der Waals surface area (Å²) >= 11 is 0. The normalized spacial score (nSPS) is 28.2. The van der Waals surface area contributed by atoms with Gasteiger partial charge in [-0.1, -0.05) is 30.3 Å². The van der Waals surface area contributed by atoms with Crippen LogP contribution >= 0.6 is 0 Å². The highest BCUT2D eigenvalue weighted by Crippen LogP contribution is 2.48. The predicted molar refractivity (Wildman–Crippen MR) is 71.4 cm³/mol. The molecular formula is C15H20N2O. The molecule has 2 fully saturated rings. The van der Waals surface area contributed by atoms with Gasteiger partial charge in [0.15, 0.2) is 0 Å². The molecule has 1 aliphatic carbocycles. The SMILES string of the molecule is CN1CCN(C(=O)[C@H]2C[C@@H]2c2ccccc2)CC1. The summed E-state index contributed by atoms with van der Waals surface area (Å²) < 4.78 is 0. The maximum Gasteiger partial charge on any atom is 0.226 e. The van der Waals surface area contributed by atoms with Crippen molar-refractivity contribution in [3.8, 4) is 0 Å². The lowest BCUT2D eigenvalue weighted by Crippen LogP contribution is -2.47. The Morgan fingerprint density at radius 1 is 1.11 bits per heavy atom. The van der Waals surface area contributed by atoms with Crippen LogP contribution in [-0.4, -0.2) is 48.9 Å². The number of likely N-dealkylation sites (N-methyl/N-ethyl adjacent to an activating group) is 1. The third-order valence-corrected chi connectivity index (χ3v) is 4.15. The van der Waals surface area contributed by atoms with Crippen molar-refractivity contribution >= 4 is 5.91 Å². The number of hydrogen-bond donors (Lipinski definition) is 0. The Labute approximate surface area is 108 Å². The summed E-state index contributed by atoms with van der Waals surface area (Å²) in [5, 5.41) is 0. The topological polar surface area (TPSA) is 23.6 Å². The number of rotatable bonds is 2. The van der Waals surface area contributed by atoms with E-state index >= 15 is 0 Å². The highest BCUT2D eigenvalue weighted by Gasteiger charge is 2.45. The minimum Gasteiger partial charge on any atom is -0.340 e. The van der Waals surface area contributed by atoms with E-state index < -0.39 is 0 Å². The summed E-state index contributed by atoms with van der Waals surface area (Å²) in [4.78, 5) is 16.7. The minimum absolute atomic E-state index is 0.246. The molecule has 1 amide bonds. The zero-order chi connectivity index (χ0) is 12.5. The van der Waals surface area contributed by atoms with Crippen LogP contribution in [0.25, 0.3) is 0 Å². The van der Waals surface area contributed by atoms with E-state index in [0.717, 1.165) is 32.6 Å². The van der Waals surface area contributed by atoms with Gasteiger partial charge in [-0.25, -0.2) is 0 Å². The number of benzene rings is 1. The van der Waals surface area contributed by atoms with Crippen molar-refractivity contribution < 1.29 is 4.79 Å². The van der Waals surface area contributed by atoms with Crippen LogP contribution in [0.15, 0.2) is 30.3 Å². The van der Waals surface area contributed by atoms with Crippen molar-refractivity contribution in [2.45, 2.75) is 12.3 Å². The summed E-state index contributed by atoms with van der Waals surface area (Å²) in [6.07, 6.45) is 1.04. The summed E-state index contributed by atoms with van der Waals surface area (Å²) in [7, 11) is 2.12. The van der Waals surface area contributed by atoms with Gasteiger partial charge in [0.25, 0.3) is 0 Å². The number of amides is 1. The third kappa shape index (κ3) is 2.27. The van der Waals surface area contributed by atoms with Crippen LogP contribution in [0.4, 0.5) is 0 Å². The molecule has 1 saturated heterocycles. The van der Waals surface area contributed by atoms with Gasteiger partial charge in [0.2, 0.25) is 5.91 Å². The Balaban J connectivity index is 1.59. The van der Waals surface area contributed by atoms with Crippen LogP contribution in [0.2, 0.25) is 0 Å². The molecule has 0 radical (unpaired) electrons. The van der Waals surface area contributed by atoms with Crippen LogP contribution in [0, 0.1) is 5.92 Å². The van der Waals surface area contributed by atoms with E-state index in [1.54, 1.807) is 0 Å². The second-order valence-electron chi connectivity index (χ2n) is 5.49. The summed E-state index contributed by atoms with van der Waals surface area (Å²) in [6, 6.07) is 10.4. The zero-order valence-electron chi connectivity index (χ0n) is 10.9. The van der Waals surface area contributed by atoms with Crippen molar-refractivity contribution in [3.05, 3.63) is 35.9 Å². The highest BCUT2D eigenvalue weighted by molar-refractivity contribution is 5.83. The van der Waals surface area contributed by atoms with Crippen molar-refractivity contribution in [1.82, 2.24) is 9.80 Å². The van der Waals surface area contributed by atoms with Gasteiger partial charge in [-0.2, -0.15) is 0 Å². The van der Waals surface area contributed by atoms with Crippen molar-refractivity contribution in [3.63, 3.8) is 0 Å². The van der Waals surface area contributed by atoms with Gasteiger partial charge in [-0.05, 0) is 24.9 Å². The molecule has 0 spiro atoms. The standard InChI is InChI=1S/C15H20N2O/c1-16-7-9-17(10-8-16)15(18)14-11-13(14)12-5-3-2-4-6-12/h2-6,13-14H,7-11H2,1H3/t13-,14+/m1/s1. The van der Waals surface area contributed by atoms with Gasteiger partial charge >= 0.3 is 0 Å². The molecule has 0 N–H and O–H groups in total. The van der Waals surface area contributed by atoms with E-state index in [-0.39, 0.29) is 5.92 Å². The largest absolute Gasteiger partial charge is 0.340 e. The van der Waals surface area contributed by atoms with Gasteiger partial charge in [-0.15, -0.1) is 0 Å². The van der Waals surface area contributed by atoms with E-state index in [0.29, 0.717) is 11.8 Å². The first-order valence-electron chi connectivity index (χ1n) is 6.78. The van der Waals surface area contributed by atoms with Gasteiger partial charge in [-0.3, -0.25) is 4.79 Å². The molecule has 1 aromatic carbocycles. The average Bonchev–Trinajstić information content (AvgIpc) is 3.20. The van der Waals surface area contributed by atoms with Gasteiger partial charge in [0.1, 0.15) is 0 Å². The maximum atomic E-state index is 12.4. The molecule has 1 aliphatic heterocycles. The zero-order valence-corrected chi connectivity index (χ0v) is 10.9. The summed E-state index contributed by atoms with van der Waals surface area (Å²) in [5.41, 5.74) is 1.32. The fourth-order valence-electron chi connectivity index (χ4n) is 2.80. The van der Waals surface area contributed by atoms with Crippen LogP contribution in [-0.2, 0) is 4.79 Å². The number of piperazine rings is 1. The molecule has 3 heteroatoms. The lowest BCUT2D eigenvalue weighted by molar-refractivity contribution is -0.134. The fraction of sp³-hybridized carbons (Fsp3) is 0.533. The Morgan fingerprint density at radius 3 is 2.44 bits per heavy atom. The van der Waals surface area contributed by atoms with Crippen LogP contribution in [0.3, 0.4) is 0 Å². The summed E-state index contributed by atoms with van der Waals surface area (Å²) in [5.74, 6) is 1.09. The molecule has 96 valence electrons. The molecule has 1 aromatic rings. The van der Waals surface area contributed by atoms with E-state index in [2.05, 4.69) is 36.2 Å². The molecule has 1 saturated carbocycles. The highest BCUT2D eigenvalue weighted by atomic mass is 16.2. The number of carbonyl (C=O) groups excluding carboxylic acids is 1. The van der Waals surface area contributed by atoms with Crippen molar-refractivity contribution in [1.29, 1.82) is 0 Å². The molecule has 1 heterocycles. The number of hydrogen-bond acceptors (Lipinski definition) is 2. The van der Waals surface area contributed by atoms with E-state index in [9.17, 15) is 4.79 Å². The smallest absolute Gasteiger partial charge is 0.226 e. The maximum absolute atomic E-state index is 12.4. The molecular weight excluding hydrogens is 224 g/mol. The molecule has 3 nitrogen and oxygen atoms in total. The second-order valence-corrected chi connectivity index (χ2v) is 5.49. The van der Waals surface area contributed by atoms with E-state index in [4.69, 9.17) is 0 Å². The number of nitrogens with zero attached hydrogens (tertiary/aromatic N) is 2. The fourth-order valence-corrected chi connectivity index (χ4v) is 2.80. The van der Waals surface area contributed by atoms with Crippen LogP contribution in [0.5, 0.6) is 0 Å². The Kier molecular flexibility index (Phi) is 3.08. The van der Waals surface area contributed by atoms with Gasteiger partial charge in [0.05, 0.1) is 0 Å². The monoisotopic (exact) mass is 244 g/mol. The molecule has 0 aromatic heterocycles. The first-order chi connectivity index (χ1) is 8.75. The summed E-state index contributed by atoms with van der Waals surface area (Å²) in [6.45, 7) is 3.81. The molecule has 3 rings (SSSR count). The Morgan fingerprint density at radius 2 is 1.78 bits per heavy atom. The van der Waals surface area contributed by atoms with Gasteiger partial charge in [0, 0.05) is 32.1 Å². The number of carbonyl (C=O) groups is 1. The second kappa shape index (κ2) is 4.73. The third-order valence-electron chi connectivity index (χ3n) is 4.15. The van der Waals surface area contributed by atoms with Crippen LogP contribution < -0.4 is 0 Å². The van der Waals surface area contributed by atoms with Crippen LogP contribution in [0.1, 0.15) is 17.9 Å². The van der Waals surface area contributed by atoms with Gasteiger partial charge < -0.3 is 9.80 Å². The minimum atomic E-state index is 0.246. The van der Waals surface area contributed by atoms with E-state index in [1.807, 2.05) is 11.0 Å². The quantitative estimate of drug-likeness (QED) is 0.788. The molecule has 2 atom stereocenters. The molecule has 2 aliphatic rings. The first kappa shape index (κ1) is 11.7. The van der Waals surface area contributed by atoms with Crippen molar-refractivity contribution in [2.75, 3.05) is 33.2 Å². The lowest BCUT2D eigenvalue weighted by Gasteiger charge is -2.32. The molecule has 0 unspecified atom stereocenters. The van der Waals surface area contributed by atoms with Crippen molar-refractivity contribution in [2.24, 2.45) is 5.92 Å². The Hall–Kier alpha value is -1.35. The lowest BCUT2D eigenvalue weighted by atomic mass is 10.1. The molecule has 0 bridgehead atoms. The van der Waals surface area contributed by atoms with E-state index in [1.165, 1.54) is 5.56 Å². The molecule has 18 heavy (non-hydrogen) atoms. The predicted octanol–water partition coefficient (Wildman–Crippen LogP) is 1.56. The first-order valence-corrected chi connectivity index (χ1v) is 6.78. The Bertz CT molecular complexity index is 423. The average molecular weight is 244 g/mol.